The second kappa shape index (κ2) is 5.35. The third-order valence-electron chi connectivity index (χ3n) is 2.01. The number of hydrogen-bond donors (Lipinski definition) is 0. The molecule has 17 heavy (non-hydrogen) atoms. The first-order valence-corrected chi connectivity index (χ1v) is 5.12. The van der Waals surface area contributed by atoms with Crippen molar-refractivity contribution in [2.24, 2.45) is 0 Å². The average Bonchev–Trinajstić information content (AvgIpc) is 2.24. The largest absolute Gasteiger partial charge is 0.390 e. The van der Waals surface area contributed by atoms with Crippen molar-refractivity contribution in [1.82, 2.24) is 9.88 Å². The molecule has 0 aliphatic rings. The second-order valence-electron chi connectivity index (χ2n) is 3.44. The first kappa shape index (κ1) is 13.8. The van der Waals surface area contributed by atoms with Gasteiger partial charge in [-0.1, -0.05) is 17.7 Å². The predicted molar refractivity (Wildman–Crippen MR) is 56.9 cm³/mol. The van der Waals surface area contributed by atoms with E-state index in [2.05, 4.69) is 4.98 Å². The van der Waals surface area contributed by atoms with Gasteiger partial charge in [0, 0.05) is 13.6 Å². The molecule has 1 aromatic heterocycles. The van der Waals surface area contributed by atoms with Crippen LogP contribution in [0.15, 0.2) is 18.2 Å². The third-order valence-corrected chi connectivity index (χ3v) is 2.22. The van der Waals surface area contributed by atoms with Gasteiger partial charge in [-0.05, 0) is 12.1 Å². The maximum Gasteiger partial charge on any atom is 0.390 e. The summed E-state index contributed by atoms with van der Waals surface area (Å²) in [5.74, 6) is -0.586. The van der Waals surface area contributed by atoms with Crippen molar-refractivity contribution < 1.29 is 18.0 Å². The van der Waals surface area contributed by atoms with Crippen LogP contribution in [0.2, 0.25) is 5.15 Å². The number of halogens is 4. The van der Waals surface area contributed by atoms with Crippen LogP contribution < -0.4 is 0 Å². The summed E-state index contributed by atoms with van der Waals surface area (Å²) in [6.07, 6.45) is -5.33. The fraction of sp³-hybridized carbons (Fsp3) is 0.400. The lowest BCUT2D eigenvalue weighted by Gasteiger charge is -2.17. The summed E-state index contributed by atoms with van der Waals surface area (Å²) in [5, 5.41) is 0.125. The number of carbonyl (C=O) groups excluding carboxylic acids is 1. The van der Waals surface area contributed by atoms with Gasteiger partial charge >= 0.3 is 6.18 Å². The Hall–Kier alpha value is -1.30. The highest BCUT2D eigenvalue weighted by Gasteiger charge is 2.28. The normalized spacial score (nSPS) is 11.4. The van der Waals surface area contributed by atoms with Crippen LogP contribution in [0.4, 0.5) is 13.2 Å². The van der Waals surface area contributed by atoms with E-state index in [0.717, 1.165) is 4.90 Å². The Morgan fingerprint density at radius 3 is 2.65 bits per heavy atom. The van der Waals surface area contributed by atoms with E-state index in [1.807, 2.05) is 0 Å². The Kier molecular flexibility index (Phi) is 4.34. The standard InChI is InChI=1S/C10H10ClF3N2O/c1-16(6-5-10(12,13)14)9(17)7-3-2-4-8(11)15-7/h2-4H,5-6H2,1H3. The van der Waals surface area contributed by atoms with Crippen molar-refractivity contribution in [2.75, 3.05) is 13.6 Å². The molecule has 0 unspecified atom stereocenters. The minimum absolute atomic E-state index is 0.0298. The number of amides is 1. The number of aromatic nitrogens is 1. The van der Waals surface area contributed by atoms with Crippen molar-refractivity contribution in [3.8, 4) is 0 Å². The topological polar surface area (TPSA) is 33.2 Å². The van der Waals surface area contributed by atoms with Crippen LogP contribution in [0.3, 0.4) is 0 Å². The first-order chi connectivity index (χ1) is 7.79. The Morgan fingerprint density at radius 1 is 1.47 bits per heavy atom. The van der Waals surface area contributed by atoms with Crippen molar-refractivity contribution in [1.29, 1.82) is 0 Å². The molecule has 3 nitrogen and oxygen atoms in total. The lowest BCUT2D eigenvalue weighted by atomic mass is 10.3. The number of nitrogens with zero attached hydrogens (tertiary/aromatic N) is 2. The smallest absolute Gasteiger partial charge is 0.340 e. The van der Waals surface area contributed by atoms with Crippen molar-refractivity contribution in [3.63, 3.8) is 0 Å². The fourth-order valence-electron chi connectivity index (χ4n) is 1.12. The highest BCUT2D eigenvalue weighted by molar-refractivity contribution is 6.29. The molecule has 1 amide bonds. The van der Waals surface area contributed by atoms with Gasteiger partial charge in [0.15, 0.2) is 0 Å². The molecule has 0 radical (unpaired) electrons. The van der Waals surface area contributed by atoms with Crippen LogP contribution in [-0.4, -0.2) is 35.6 Å². The molecule has 1 rings (SSSR count). The zero-order valence-corrected chi connectivity index (χ0v) is 9.72. The van der Waals surface area contributed by atoms with Gasteiger partial charge in [-0.15, -0.1) is 0 Å². The summed E-state index contributed by atoms with van der Waals surface area (Å²) in [4.78, 5) is 16.3. The van der Waals surface area contributed by atoms with E-state index < -0.39 is 25.0 Å². The summed E-state index contributed by atoms with van der Waals surface area (Å²) in [6.45, 7) is -0.406. The molecule has 0 bridgehead atoms. The summed E-state index contributed by atoms with van der Waals surface area (Å²) in [7, 11) is 1.29. The van der Waals surface area contributed by atoms with Gasteiger partial charge in [0.2, 0.25) is 0 Å². The molecule has 0 fully saturated rings. The molecule has 0 N–H and O–H groups in total. The number of hydrogen-bond acceptors (Lipinski definition) is 2. The van der Waals surface area contributed by atoms with Crippen LogP contribution in [0.1, 0.15) is 16.9 Å². The quantitative estimate of drug-likeness (QED) is 0.788. The zero-order valence-electron chi connectivity index (χ0n) is 8.96. The summed E-state index contributed by atoms with van der Waals surface area (Å²) in [6, 6.07) is 4.40. The maximum atomic E-state index is 12.0. The number of pyridine rings is 1. The SMILES string of the molecule is CN(CCC(F)(F)F)C(=O)c1cccc(Cl)n1. The number of rotatable bonds is 3. The van der Waals surface area contributed by atoms with Crippen molar-refractivity contribution >= 4 is 17.5 Å². The molecule has 1 aromatic rings. The van der Waals surface area contributed by atoms with Gasteiger partial charge in [0.1, 0.15) is 10.8 Å². The van der Waals surface area contributed by atoms with Crippen LogP contribution >= 0.6 is 11.6 Å². The van der Waals surface area contributed by atoms with Crippen molar-refractivity contribution in [3.05, 3.63) is 29.0 Å². The lowest BCUT2D eigenvalue weighted by molar-refractivity contribution is -0.136. The van der Waals surface area contributed by atoms with Gasteiger partial charge in [-0.3, -0.25) is 4.79 Å². The highest BCUT2D eigenvalue weighted by Crippen LogP contribution is 2.19. The van der Waals surface area contributed by atoms with E-state index >= 15 is 0 Å². The Balaban J connectivity index is 2.64. The number of alkyl halides is 3. The summed E-state index contributed by atoms with van der Waals surface area (Å²) in [5.41, 5.74) is 0.0298. The van der Waals surface area contributed by atoms with E-state index in [-0.39, 0.29) is 10.8 Å². The molecule has 7 heteroatoms. The van der Waals surface area contributed by atoms with Gasteiger partial charge in [-0.25, -0.2) is 4.98 Å². The average molecular weight is 267 g/mol. The molecule has 0 aromatic carbocycles. The molecule has 0 atom stereocenters. The molecule has 1 heterocycles. The third kappa shape index (κ3) is 4.60. The van der Waals surface area contributed by atoms with E-state index in [4.69, 9.17) is 11.6 Å². The molecule has 0 saturated carbocycles. The molecule has 0 aliphatic heterocycles. The molecule has 0 saturated heterocycles. The van der Waals surface area contributed by atoms with Crippen LogP contribution in [-0.2, 0) is 0 Å². The minimum Gasteiger partial charge on any atom is -0.340 e. The second-order valence-corrected chi connectivity index (χ2v) is 3.82. The molecule has 0 spiro atoms. The first-order valence-electron chi connectivity index (χ1n) is 4.74. The van der Waals surface area contributed by atoms with E-state index in [1.54, 1.807) is 0 Å². The lowest BCUT2D eigenvalue weighted by Crippen LogP contribution is -2.31. The van der Waals surface area contributed by atoms with Crippen LogP contribution in [0.5, 0.6) is 0 Å². The molecule has 94 valence electrons. The van der Waals surface area contributed by atoms with E-state index in [9.17, 15) is 18.0 Å². The van der Waals surface area contributed by atoms with Gasteiger partial charge in [-0.2, -0.15) is 13.2 Å². The molecular weight excluding hydrogens is 257 g/mol. The minimum atomic E-state index is -4.28. The van der Waals surface area contributed by atoms with E-state index in [1.165, 1.54) is 25.2 Å². The summed E-state index contributed by atoms with van der Waals surface area (Å²) >= 11 is 5.58. The predicted octanol–water partition coefficient (Wildman–Crippen LogP) is 2.76. The Labute approximate surface area is 101 Å². The van der Waals surface area contributed by atoms with Gasteiger partial charge < -0.3 is 4.90 Å². The monoisotopic (exact) mass is 266 g/mol. The fourth-order valence-corrected chi connectivity index (χ4v) is 1.28. The van der Waals surface area contributed by atoms with Crippen LogP contribution in [0, 0.1) is 0 Å². The van der Waals surface area contributed by atoms with Crippen LogP contribution in [0.25, 0.3) is 0 Å². The molecule has 0 aliphatic carbocycles. The van der Waals surface area contributed by atoms with Gasteiger partial charge in [0.05, 0.1) is 6.42 Å². The summed E-state index contributed by atoms with van der Waals surface area (Å²) < 4.78 is 35.9. The number of carbonyl (C=O) groups is 1. The maximum absolute atomic E-state index is 12.0. The zero-order chi connectivity index (χ0) is 13.1. The van der Waals surface area contributed by atoms with Crippen molar-refractivity contribution in [2.45, 2.75) is 12.6 Å². The highest BCUT2D eigenvalue weighted by atomic mass is 35.5. The Morgan fingerprint density at radius 2 is 2.12 bits per heavy atom. The van der Waals surface area contributed by atoms with E-state index in [0.29, 0.717) is 0 Å². The Bertz CT molecular complexity index is 409. The molecular formula is C10H10ClF3N2O. The van der Waals surface area contributed by atoms with Gasteiger partial charge in [0.25, 0.3) is 5.91 Å².